The van der Waals surface area contributed by atoms with Gasteiger partial charge in [0, 0.05) is 19.3 Å². The average Bonchev–Trinajstić information content (AvgIpc) is 2.53. The van der Waals surface area contributed by atoms with Crippen LogP contribution in [0.15, 0.2) is 29.2 Å². The molecule has 0 saturated carbocycles. The fourth-order valence-electron chi connectivity index (χ4n) is 2.88. The van der Waals surface area contributed by atoms with E-state index in [4.69, 9.17) is 4.74 Å². The highest BCUT2D eigenvalue weighted by Gasteiger charge is 2.24. The zero-order valence-corrected chi connectivity index (χ0v) is 13.9. The number of amides is 1. The molecule has 0 aromatic heterocycles. The number of ether oxygens (including phenoxy) is 1. The maximum absolute atomic E-state index is 12.8. The minimum atomic E-state index is -4.70. The summed E-state index contributed by atoms with van der Waals surface area (Å²) >= 11 is 0. The van der Waals surface area contributed by atoms with Gasteiger partial charge < -0.3 is 10.1 Å². The van der Waals surface area contributed by atoms with Gasteiger partial charge in [0.2, 0.25) is 5.91 Å². The molecule has 5 nitrogen and oxygen atoms in total. The van der Waals surface area contributed by atoms with E-state index in [0.717, 1.165) is 32.5 Å². The fraction of sp³-hybridized carbons (Fsp3) is 0.562. The van der Waals surface area contributed by atoms with Gasteiger partial charge in [-0.15, -0.1) is 3.89 Å². The van der Waals surface area contributed by atoms with Crippen LogP contribution < -0.4 is 5.32 Å². The van der Waals surface area contributed by atoms with E-state index in [0.29, 0.717) is 11.5 Å². The van der Waals surface area contributed by atoms with Crippen molar-refractivity contribution in [3.05, 3.63) is 29.8 Å². The highest BCUT2D eigenvalue weighted by Crippen LogP contribution is 2.21. The van der Waals surface area contributed by atoms with E-state index in [9.17, 15) is 17.1 Å². The normalized spacial score (nSPS) is 17.7. The maximum atomic E-state index is 12.8. The first-order chi connectivity index (χ1) is 10.9. The number of hydrogen-bond acceptors (Lipinski definition) is 4. The second-order valence-corrected chi connectivity index (χ2v) is 7.14. The lowest BCUT2D eigenvalue weighted by atomic mass is 9.90. The summed E-state index contributed by atoms with van der Waals surface area (Å²) in [4.78, 5) is 11.8. The molecule has 1 aliphatic rings. The van der Waals surface area contributed by atoms with Crippen LogP contribution in [0.25, 0.3) is 0 Å². The third-order valence-electron chi connectivity index (χ3n) is 4.19. The van der Waals surface area contributed by atoms with Crippen molar-refractivity contribution in [1.29, 1.82) is 0 Å². The monoisotopic (exact) mass is 343 g/mol. The Labute approximate surface area is 136 Å². The van der Waals surface area contributed by atoms with E-state index in [-0.39, 0.29) is 18.4 Å². The van der Waals surface area contributed by atoms with Crippen LogP contribution in [0.1, 0.15) is 31.7 Å². The molecular formula is C16H22FNO4S. The summed E-state index contributed by atoms with van der Waals surface area (Å²) in [6, 6.07) is 5.39. The van der Waals surface area contributed by atoms with Crippen LogP contribution in [0, 0.1) is 5.92 Å². The molecule has 0 bridgehead atoms. The molecule has 0 spiro atoms. The van der Waals surface area contributed by atoms with Gasteiger partial charge in [0.15, 0.2) is 0 Å². The predicted molar refractivity (Wildman–Crippen MR) is 84.2 cm³/mol. The number of halogens is 1. The molecule has 1 aromatic rings. The minimum Gasteiger partial charge on any atom is -0.381 e. The lowest BCUT2D eigenvalue weighted by Gasteiger charge is -2.30. The zero-order chi connectivity index (χ0) is 16.9. The van der Waals surface area contributed by atoms with Crippen LogP contribution in [0.2, 0.25) is 0 Å². The molecule has 0 aliphatic carbocycles. The highest BCUT2D eigenvalue weighted by atomic mass is 32.3. The molecular weight excluding hydrogens is 321 g/mol. The van der Waals surface area contributed by atoms with E-state index in [1.807, 2.05) is 6.92 Å². The standard InChI is InChI=1S/C16H22FNO4S/c1-2-15(13-7-9-22-10-8-13)18-16(19)11-12-3-5-14(6-4-12)23(17,20)21/h3-6,13,15H,2,7-11H2,1H3,(H,18,19). The fourth-order valence-corrected chi connectivity index (χ4v) is 3.35. The van der Waals surface area contributed by atoms with Crippen molar-refractivity contribution in [3.8, 4) is 0 Å². The van der Waals surface area contributed by atoms with Gasteiger partial charge in [0.05, 0.1) is 11.3 Å². The van der Waals surface area contributed by atoms with Gasteiger partial charge in [0.1, 0.15) is 0 Å². The molecule has 1 heterocycles. The van der Waals surface area contributed by atoms with Crippen molar-refractivity contribution in [1.82, 2.24) is 5.32 Å². The van der Waals surface area contributed by atoms with Gasteiger partial charge in [-0.05, 0) is 42.9 Å². The van der Waals surface area contributed by atoms with E-state index >= 15 is 0 Å². The molecule has 1 aliphatic heterocycles. The Morgan fingerprint density at radius 3 is 2.43 bits per heavy atom. The lowest BCUT2D eigenvalue weighted by Crippen LogP contribution is -2.42. The van der Waals surface area contributed by atoms with E-state index in [2.05, 4.69) is 5.32 Å². The molecule has 2 rings (SSSR count). The summed E-state index contributed by atoms with van der Waals surface area (Å²) in [6.07, 6.45) is 2.89. The van der Waals surface area contributed by atoms with Crippen LogP contribution in [0.3, 0.4) is 0 Å². The second-order valence-electron chi connectivity index (χ2n) is 5.79. The molecule has 0 radical (unpaired) electrons. The molecule has 7 heteroatoms. The van der Waals surface area contributed by atoms with Crippen molar-refractivity contribution in [2.75, 3.05) is 13.2 Å². The van der Waals surface area contributed by atoms with Crippen LogP contribution in [0.5, 0.6) is 0 Å². The molecule has 1 unspecified atom stereocenters. The smallest absolute Gasteiger partial charge is 0.332 e. The molecule has 1 amide bonds. The zero-order valence-electron chi connectivity index (χ0n) is 13.1. The van der Waals surface area contributed by atoms with Crippen molar-refractivity contribution < 1.29 is 21.8 Å². The largest absolute Gasteiger partial charge is 0.381 e. The Morgan fingerprint density at radius 2 is 1.91 bits per heavy atom. The second kappa shape index (κ2) is 7.88. The number of benzene rings is 1. The third kappa shape index (κ3) is 5.28. The summed E-state index contributed by atoms with van der Waals surface area (Å²) < 4.78 is 39.7. The number of rotatable bonds is 6. The molecule has 1 atom stereocenters. The first-order valence-corrected chi connectivity index (χ1v) is 9.19. The Bertz CT molecular complexity index is 624. The summed E-state index contributed by atoms with van der Waals surface area (Å²) in [5.41, 5.74) is 0.650. The van der Waals surface area contributed by atoms with Gasteiger partial charge >= 0.3 is 10.2 Å². The predicted octanol–water partition coefficient (Wildman–Crippen LogP) is 2.21. The van der Waals surface area contributed by atoms with Crippen molar-refractivity contribution >= 4 is 16.1 Å². The van der Waals surface area contributed by atoms with Gasteiger partial charge in [0.25, 0.3) is 0 Å². The molecule has 1 saturated heterocycles. The quantitative estimate of drug-likeness (QED) is 0.804. The summed E-state index contributed by atoms with van der Waals surface area (Å²) in [6.45, 7) is 3.51. The molecule has 1 N–H and O–H groups in total. The van der Waals surface area contributed by atoms with Crippen molar-refractivity contribution in [3.63, 3.8) is 0 Å². The lowest BCUT2D eigenvalue weighted by molar-refractivity contribution is -0.121. The number of carbonyl (C=O) groups is 1. The van der Waals surface area contributed by atoms with Crippen LogP contribution >= 0.6 is 0 Å². The van der Waals surface area contributed by atoms with Gasteiger partial charge in [-0.25, -0.2) is 0 Å². The van der Waals surface area contributed by atoms with Crippen LogP contribution in [-0.4, -0.2) is 33.6 Å². The molecule has 128 valence electrons. The Hall–Kier alpha value is -1.47. The maximum Gasteiger partial charge on any atom is 0.332 e. The number of nitrogens with one attached hydrogen (secondary N) is 1. The molecule has 1 aromatic carbocycles. The topological polar surface area (TPSA) is 72.5 Å². The summed E-state index contributed by atoms with van der Waals surface area (Å²) in [7, 11) is -4.70. The van der Waals surface area contributed by atoms with Gasteiger partial charge in [-0.3, -0.25) is 4.79 Å². The van der Waals surface area contributed by atoms with Crippen LogP contribution in [-0.2, 0) is 26.2 Å². The van der Waals surface area contributed by atoms with E-state index in [1.54, 1.807) is 0 Å². The SMILES string of the molecule is CCC(NC(=O)Cc1ccc(S(=O)(=O)F)cc1)C1CCOCC1. The van der Waals surface area contributed by atoms with Gasteiger partial charge in [-0.2, -0.15) is 8.42 Å². The minimum absolute atomic E-state index is 0.112. The first-order valence-electron chi connectivity index (χ1n) is 7.81. The summed E-state index contributed by atoms with van der Waals surface area (Å²) in [5.74, 6) is 0.316. The molecule has 1 fully saturated rings. The number of hydrogen-bond donors (Lipinski definition) is 1. The van der Waals surface area contributed by atoms with Gasteiger partial charge in [-0.1, -0.05) is 19.1 Å². The molecule has 23 heavy (non-hydrogen) atoms. The van der Waals surface area contributed by atoms with Crippen molar-refractivity contribution in [2.45, 2.75) is 43.5 Å². The third-order valence-corrected chi connectivity index (χ3v) is 5.03. The van der Waals surface area contributed by atoms with Crippen LogP contribution in [0.4, 0.5) is 3.89 Å². The number of carbonyl (C=O) groups excluding carboxylic acids is 1. The first kappa shape index (κ1) is 17.9. The Balaban J connectivity index is 1.92. The van der Waals surface area contributed by atoms with E-state index in [1.165, 1.54) is 24.3 Å². The highest BCUT2D eigenvalue weighted by molar-refractivity contribution is 7.86. The van der Waals surface area contributed by atoms with E-state index < -0.39 is 15.1 Å². The van der Waals surface area contributed by atoms with Crippen molar-refractivity contribution in [2.24, 2.45) is 5.92 Å². The average molecular weight is 343 g/mol. The Kier molecular flexibility index (Phi) is 6.12. The Morgan fingerprint density at radius 1 is 1.30 bits per heavy atom. The summed E-state index contributed by atoms with van der Waals surface area (Å²) in [5, 5.41) is 3.04.